The van der Waals surface area contributed by atoms with Crippen molar-refractivity contribution >= 4 is 17.2 Å². The van der Waals surface area contributed by atoms with Crippen LogP contribution in [0.3, 0.4) is 0 Å². The molecule has 2 aromatic rings. The monoisotopic (exact) mass is 287 g/mol. The second-order valence-electron chi connectivity index (χ2n) is 4.91. The van der Waals surface area contributed by atoms with Gasteiger partial charge in [0.25, 0.3) is 5.91 Å². The molecule has 20 heavy (non-hydrogen) atoms. The number of rotatable bonds is 3. The number of ether oxygens (including phenoxy) is 1. The van der Waals surface area contributed by atoms with E-state index in [1.807, 2.05) is 41.8 Å². The fraction of sp³-hybridized carbons (Fsp3) is 0.312. The van der Waals surface area contributed by atoms with Crippen molar-refractivity contribution in [3.8, 4) is 10.4 Å². The molecule has 1 aliphatic heterocycles. The van der Waals surface area contributed by atoms with E-state index < -0.39 is 0 Å². The van der Waals surface area contributed by atoms with E-state index in [0.717, 1.165) is 35.5 Å². The molecule has 1 aromatic carbocycles. The second-order valence-corrected chi connectivity index (χ2v) is 5.86. The van der Waals surface area contributed by atoms with Crippen LogP contribution in [0.15, 0.2) is 41.8 Å². The van der Waals surface area contributed by atoms with E-state index in [1.165, 1.54) is 0 Å². The van der Waals surface area contributed by atoms with Crippen LogP contribution in [0.4, 0.5) is 0 Å². The highest BCUT2D eigenvalue weighted by Gasteiger charge is 2.19. The standard InChI is InChI=1S/C16H17NO2S/c18-16(17-12-5-3-9-19-11-12)14-7-2-1-6-13(14)15-8-4-10-20-15/h1-2,4,6-8,10,12H,3,5,9,11H2,(H,17,18)/t12-/m0/s1. The van der Waals surface area contributed by atoms with Crippen LogP contribution >= 0.6 is 11.3 Å². The molecule has 1 amide bonds. The number of carbonyl (C=O) groups excluding carboxylic acids is 1. The van der Waals surface area contributed by atoms with Gasteiger partial charge < -0.3 is 10.1 Å². The maximum atomic E-state index is 12.5. The Bertz CT molecular complexity index is 574. The van der Waals surface area contributed by atoms with Gasteiger partial charge in [-0.3, -0.25) is 4.79 Å². The molecule has 0 aliphatic carbocycles. The maximum absolute atomic E-state index is 12.5. The van der Waals surface area contributed by atoms with Gasteiger partial charge in [-0.1, -0.05) is 24.3 Å². The molecule has 2 heterocycles. The molecule has 1 N–H and O–H groups in total. The van der Waals surface area contributed by atoms with Gasteiger partial charge in [0.05, 0.1) is 12.6 Å². The van der Waals surface area contributed by atoms with E-state index >= 15 is 0 Å². The highest BCUT2D eigenvalue weighted by atomic mass is 32.1. The first-order chi connectivity index (χ1) is 9.84. The first-order valence-electron chi connectivity index (χ1n) is 6.86. The number of thiophene rings is 1. The highest BCUT2D eigenvalue weighted by molar-refractivity contribution is 7.13. The highest BCUT2D eigenvalue weighted by Crippen LogP contribution is 2.28. The van der Waals surface area contributed by atoms with Crippen molar-refractivity contribution in [2.45, 2.75) is 18.9 Å². The van der Waals surface area contributed by atoms with E-state index in [0.29, 0.717) is 6.61 Å². The summed E-state index contributed by atoms with van der Waals surface area (Å²) in [5.41, 5.74) is 1.73. The molecular formula is C16H17NO2S. The molecule has 1 aliphatic rings. The second kappa shape index (κ2) is 6.20. The zero-order chi connectivity index (χ0) is 13.8. The van der Waals surface area contributed by atoms with E-state index in [2.05, 4.69) is 5.32 Å². The third-order valence-electron chi connectivity index (χ3n) is 3.45. The average molecular weight is 287 g/mol. The summed E-state index contributed by atoms with van der Waals surface area (Å²) in [6.45, 7) is 1.42. The molecule has 0 spiro atoms. The van der Waals surface area contributed by atoms with Crippen molar-refractivity contribution in [3.05, 3.63) is 47.3 Å². The summed E-state index contributed by atoms with van der Waals surface area (Å²) in [7, 11) is 0. The van der Waals surface area contributed by atoms with Crippen molar-refractivity contribution in [3.63, 3.8) is 0 Å². The van der Waals surface area contributed by atoms with Crippen LogP contribution in [0.5, 0.6) is 0 Å². The molecule has 1 fully saturated rings. The van der Waals surface area contributed by atoms with E-state index in [-0.39, 0.29) is 11.9 Å². The van der Waals surface area contributed by atoms with Crippen LogP contribution < -0.4 is 5.32 Å². The molecule has 0 radical (unpaired) electrons. The number of amides is 1. The minimum atomic E-state index is -0.00972. The van der Waals surface area contributed by atoms with Gasteiger partial charge >= 0.3 is 0 Å². The summed E-state index contributed by atoms with van der Waals surface area (Å²) >= 11 is 1.65. The molecule has 104 valence electrons. The van der Waals surface area contributed by atoms with Crippen molar-refractivity contribution < 1.29 is 9.53 Å². The number of nitrogens with one attached hydrogen (secondary N) is 1. The SMILES string of the molecule is O=C(N[C@H]1CCCOC1)c1ccccc1-c1cccs1. The zero-order valence-corrected chi connectivity index (χ0v) is 12.0. The van der Waals surface area contributed by atoms with Crippen LogP contribution in [0.25, 0.3) is 10.4 Å². The van der Waals surface area contributed by atoms with Gasteiger partial charge in [0.2, 0.25) is 0 Å². The third-order valence-corrected chi connectivity index (χ3v) is 4.36. The van der Waals surface area contributed by atoms with Crippen molar-refractivity contribution in [1.82, 2.24) is 5.32 Å². The van der Waals surface area contributed by atoms with Crippen LogP contribution in [0.2, 0.25) is 0 Å². The third kappa shape index (κ3) is 2.92. The topological polar surface area (TPSA) is 38.3 Å². The Morgan fingerprint density at radius 2 is 2.15 bits per heavy atom. The van der Waals surface area contributed by atoms with E-state index in [9.17, 15) is 4.79 Å². The molecule has 0 saturated carbocycles. The Hall–Kier alpha value is -1.65. The molecule has 0 unspecified atom stereocenters. The van der Waals surface area contributed by atoms with Crippen molar-refractivity contribution in [2.24, 2.45) is 0 Å². The molecule has 1 aromatic heterocycles. The van der Waals surface area contributed by atoms with Crippen LogP contribution in [0.1, 0.15) is 23.2 Å². The summed E-state index contributed by atoms with van der Waals surface area (Å²) in [5, 5.41) is 5.10. The van der Waals surface area contributed by atoms with Crippen molar-refractivity contribution in [1.29, 1.82) is 0 Å². The lowest BCUT2D eigenvalue weighted by Gasteiger charge is -2.23. The van der Waals surface area contributed by atoms with Gasteiger partial charge in [-0.05, 0) is 30.4 Å². The fourth-order valence-electron chi connectivity index (χ4n) is 2.45. The molecule has 3 nitrogen and oxygen atoms in total. The van der Waals surface area contributed by atoms with Gasteiger partial charge in [0, 0.05) is 22.6 Å². The lowest BCUT2D eigenvalue weighted by atomic mass is 10.0. The Morgan fingerprint density at radius 3 is 2.90 bits per heavy atom. The molecule has 0 bridgehead atoms. The molecule has 1 saturated heterocycles. The number of benzene rings is 1. The first kappa shape index (κ1) is 13.3. The summed E-state index contributed by atoms with van der Waals surface area (Å²) in [6, 6.07) is 11.9. The average Bonchev–Trinajstić information content (AvgIpc) is 3.02. The normalized spacial score (nSPS) is 18.7. The van der Waals surface area contributed by atoms with Gasteiger partial charge in [-0.2, -0.15) is 0 Å². The Kier molecular flexibility index (Phi) is 4.14. The van der Waals surface area contributed by atoms with Gasteiger partial charge in [-0.15, -0.1) is 11.3 Å². The number of hydrogen-bond acceptors (Lipinski definition) is 3. The van der Waals surface area contributed by atoms with Gasteiger partial charge in [0.15, 0.2) is 0 Å². The quantitative estimate of drug-likeness (QED) is 0.940. The van der Waals surface area contributed by atoms with E-state index in [1.54, 1.807) is 11.3 Å². The molecule has 3 rings (SSSR count). The zero-order valence-electron chi connectivity index (χ0n) is 11.2. The van der Waals surface area contributed by atoms with E-state index in [4.69, 9.17) is 4.74 Å². The smallest absolute Gasteiger partial charge is 0.252 e. The summed E-state index contributed by atoms with van der Waals surface area (Å²) in [4.78, 5) is 13.6. The molecular weight excluding hydrogens is 270 g/mol. The van der Waals surface area contributed by atoms with Crippen molar-refractivity contribution in [2.75, 3.05) is 13.2 Å². The van der Waals surface area contributed by atoms with Gasteiger partial charge in [0.1, 0.15) is 0 Å². The van der Waals surface area contributed by atoms with Crippen LogP contribution in [0, 0.1) is 0 Å². The van der Waals surface area contributed by atoms with Gasteiger partial charge in [-0.25, -0.2) is 0 Å². The minimum Gasteiger partial charge on any atom is -0.379 e. The lowest BCUT2D eigenvalue weighted by molar-refractivity contribution is 0.0624. The Morgan fingerprint density at radius 1 is 1.25 bits per heavy atom. The largest absolute Gasteiger partial charge is 0.379 e. The summed E-state index contributed by atoms with van der Waals surface area (Å²) in [5.74, 6) is -0.00972. The number of carbonyl (C=O) groups is 1. The predicted octanol–water partition coefficient (Wildman–Crippen LogP) is 3.32. The summed E-state index contributed by atoms with van der Waals surface area (Å²) in [6.07, 6.45) is 2.00. The number of hydrogen-bond donors (Lipinski definition) is 1. The molecule has 4 heteroatoms. The fourth-order valence-corrected chi connectivity index (χ4v) is 3.21. The Balaban J connectivity index is 1.81. The minimum absolute atomic E-state index is 0.00972. The first-order valence-corrected chi connectivity index (χ1v) is 7.74. The predicted molar refractivity (Wildman–Crippen MR) is 81.1 cm³/mol. The Labute approximate surface area is 122 Å². The lowest BCUT2D eigenvalue weighted by Crippen LogP contribution is -2.40. The maximum Gasteiger partial charge on any atom is 0.252 e. The molecule has 1 atom stereocenters. The summed E-state index contributed by atoms with van der Waals surface area (Å²) < 4.78 is 5.41. The van der Waals surface area contributed by atoms with Crippen LogP contribution in [-0.2, 0) is 4.74 Å². The van der Waals surface area contributed by atoms with Crippen LogP contribution in [-0.4, -0.2) is 25.2 Å².